The van der Waals surface area contributed by atoms with Crippen LogP contribution in [-0.2, 0) is 20.8 Å². The molecule has 0 bridgehead atoms. The SMILES string of the molecule is CN(C)C(=O)CC1CCOC2(CCN(C(=O)c3cc(CN4CCOCC4)on3)CC2)C1. The number of amides is 2. The van der Waals surface area contributed by atoms with Gasteiger partial charge in [-0.2, -0.15) is 0 Å². The lowest BCUT2D eigenvalue weighted by molar-refractivity contribution is -0.139. The first-order chi connectivity index (χ1) is 14.9. The molecule has 4 rings (SSSR count). The van der Waals surface area contributed by atoms with E-state index < -0.39 is 0 Å². The number of carbonyl (C=O) groups excluding carboxylic acids is 2. The minimum atomic E-state index is -0.211. The Bertz CT molecular complexity index is 766. The number of likely N-dealkylation sites (tertiary alicyclic amines) is 1. The molecule has 0 N–H and O–H groups in total. The predicted octanol–water partition coefficient (Wildman–Crippen LogP) is 1.39. The van der Waals surface area contributed by atoms with Gasteiger partial charge in [0, 0.05) is 59.4 Å². The Balaban J connectivity index is 1.29. The fraction of sp³-hybridized carbons (Fsp3) is 0.773. The Labute approximate surface area is 183 Å². The van der Waals surface area contributed by atoms with E-state index in [4.69, 9.17) is 14.0 Å². The van der Waals surface area contributed by atoms with Crippen molar-refractivity contribution in [2.24, 2.45) is 5.92 Å². The van der Waals surface area contributed by atoms with Crippen molar-refractivity contribution in [2.45, 2.75) is 44.2 Å². The molecule has 1 atom stereocenters. The van der Waals surface area contributed by atoms with Crippen LogP contribution in [0.4, 0.5) is 0 Å². The van der Waals surface area contributed by atoms with Crippen LogP contribution in [0.3, 0.4) is 0 Å². The molecule has 4 heterocycles. The molecule has 2 amide bonds. The number of hydrogen-bond donors (Lipinski definition) is 0. The third-order valence-electron chi connectivity index (χ3n) is 6.78. The zero-order chi connectivity index (χ0) is 21.8. The third-order valence-corrected chi connectivity index (χ3v) is 6.78. The zero-order valence-corrected chi connectivity index (χ0v) is 18.7. The Kier molecular flexibility index (Phi) is 6.93. The first-order valence-electron chi connectivity index (χ1n) is 11.3. The van der Waals surface area contributed by atoms with E-state index in [1.165, 1.54) is 0 Å². The van der Waals surface area contributed by atoms with Crippen molar-refractivity contribution < 1.29 is 23.6 Å². The molecule has 0 saturated carbocycles. The molecule has 3 aliphatic rings. The van der Waals surface area contributed by atoms with E-state index in [-0.39, 0.29) is 17.4 Å². The average Bonchev–Trinajstić information content (AvgIpc) is 3.23. The van der Waals surface area contributed by atoms with Crippen molar-refractivity contribution >= 4 is 11.8 Å². The fourth-order valence-electron chi connectivity index (χ4n) is 4.83. The van der Waals surface area contributed by atoms with Crippen LogP contribution in [0.15, 0.2) is 10.6 Å². The van der Waals surface area contributed by atoms with E-state index in [0.717, 1.165) is 52.0 Å². The topological polar surface area (TPSA) is 88.4 Å². The van der Waals surface area contributed by atoms with E-state index in [9.17, 15) is 9.59 Å². The van der Waals surface area contributed by atoms with Gasteiger partial charge < -0.3 is 23.8 Å². The van der Waals surface area contributed by atoms with Crippen LogP contribution in [0.5, 0.6) is 0 Å². The number of piperidine rings is 1. The first-order valence-corrected chi connectivity index (χ1v) is 11.3. The van der Waals surface area contributed by atoms with Gasteiger partial charge in [-0.1, -0.05) is 5.16 Å². The summed E-state index contributed by atoms with van der Waals surface area (Å²) < 4.78 is 17.0. The molecule has 3 saturated heterocycles. The van der Waals surface area contributed by atoms with Crippen molar-refractivity contribution in [2.75, 3.05) is 60.1 Å². The smallest absolute Gasteiger partial charge is 0.276 e. The molecule has 9 heteroatoms. The normalized spacial score (nSPS) is 24.3. The van der Waals surface area contributed by atoms with E-state index in [2.05, 4.69) is 10.1 Å². The number of carbonyl (C=O) groups is 2. The maximum absolute atomic E-state index is 12.9. The summed E-state index contributed by atoms with van der Waals surface area (Å²) in [5, 5.41) is 4.02. The maximum atomic E-state index is 12.9. The van der Waals surface area contributed by atoms with Gasteiger partial charge in [-0.25, -0.2) is 0 Å². The van der Waals surface area contributed by atoms with Crippen LogP contribution in [0, 0.1) is 5.92 Å². The summed E-state index contributed by atoms with van der Waals surface area (Å²) in [6, 6.07) is 1.77. The van der Waals surface area contributed by atoms with E-state index in [1.54, 1.807) is 25.1 Å². The Morgan fingerprint density at radius 1 is 1.16 bits per heavy atom. The molecule has 3 fully saturated rings. The number of nitrogens with zero attached hydrogens (tertiary/aromatic N) is 4. The molecule has 31 heavy (non-hydrogen) atoms. The van der Waals surface area contributed by atoms with E-state index >= 15 is 0 Å². The van der Waals surface area contributed by atoms with Crippen LogP contribution in [0.2, 0.25) is 0 Å². The second-order valence-corrected chi connectivity index (χ2v) is 9.24. The maximum Gasteiger partial charge on any atom is 0.276 e. The van der Waals surface area contributed by atoms with Crippen LogP contribution >= 0.6 is 0 Å². The average molecular weight is 435 g/mol. The highest BCUT2D eigenvalue weighted by Gasteiger charge is 2.42. The molecule has 1 aromatic rings. The molecule has 0 aromatic carbocycles. The van der Waals surface area contributed by atoms with Crippen LogP contribution in [0.25, 0.3) is 0 Å². The van der Waals surface area contributed by atoms with Gasteiger partial charge in [0.1, 0.15) is 0 Å². The first kappa shape index (κ1) is 22.2. The molecule has 1 spiro atoms. The van der Waals surface area contributed by atoms with Crippen LogP contribution in [0.1, 0.15) is 48.4 Å². The van der Waals surface area contributed by atoms with Gasteiger partial charge in [-0.3, -0.25) is 14.5 Å². The van der Waals surface area contributed by atoms with Crippen molar-refractivity contribution in [1.82, 2.24) is 19.9 Å². The summed E-state index contributed by atoms with van der Waals surface area (Å²) in [5.74, 6) is 1.16. The number of hydrogen-bond acceptors (Lipinski definition) is 7. The number of rotatable bonds is 5. The molecule has 9 nitrogen and oxygen atoms in total. The summed E-state index contributed by atoms with van der Waals surface area (Å²) in [6.45, 7) is 5.78. The summed E-state index contributed by atoms with van der Waals surface area (Å²) >= 11 is 0. The van der Waals surface area contributed by atoms with Crippen LogP contribution in [-0.4, -0.2) is 97.4 Å². The van der Waals surface area contributed by atoms with E-state index in [1.807, 2.05) is 4.90 Å². The quantitative estimate of drug-likeness (QED) is 0.692. The summed E-state index contributed by atoms with van der Waals surface area (Å²) in [6.07, 6.45) is 3.98. The van der Waals surface area contributed by atoms with Gasteiger partial charge in [0.2, 0.25) is 5.91 Å². The van der Waals surface area contributed by atoms with Crippen LogP contribution < -0.4 is 0 Å². The Hall–Kier alpha value is -1.97. The summed E-state index contributed by atoms with van der Waals surface area (Å²) in [5.41, 5.74) is 0.163. The summed E-state index contributed by atoms with van der Waals surface area (Å²) in [4.78, 5) is 30.8. The lowest BCUT2D eigenvalue weighted by atomic mass is 9.78. The van der Waals surface area contributed by atoms with E-state index in [0.29, 0.717) is 50.0 Å². The van der Waals surface area contributed by atoms with Crippen molar-refractivity contribution in [1.29, 1.82) is 0 Å². The number of morpholine rings is 1. The van der Waals surface area contributed by atoms with Gasteiger partial charge in [0.25, 0.3) is 5.91 Å². The monoisotopic (exact) mass is 434 g/mol. The van der Waals surface area contributed by atoms with Gasteiger partial charge in [0.15, 0.2) is 11.5 Å². The molecular formula is C22H34N4O5. The lowest BCUT2D eigenvalue weighted by Gasteiger charge is -2.46. The molecule has 172 valence electrons. The molecular weight excluding hydrogens is 400 g/mol. The molecule has 3 aliphatic heterocycles. The van der Waals surface area contributed by atoms with Gasteiger partial charge in [-0.05, 0) is 31.6 Å². The standard InChI is InChI=1S/C22H34N4O5/c1-24(2)20(27)13-17-3-10-30-22(15-17)4-6-26(7-5-22)21(28)19-14-18(31-23-19)16-25-8-11-29-12-9-25/h14,17H,3-13,15-16H2,1-2H3. The number of aromatic nitrogens is 1. The van der Waals surface area contributed by atoms with Crippen molar-refractivity contribution in [3.8, 4) is 0 Å². The van der Waals surface area contributed by atoms with Gasteiger partial charge in [-0.15, -0.1) is 0 Å². The number of ether oxygens (including phenoxy) is 2. The molecule has 0 radical (unpaired) electrons. The highest BCUT2D eigenvalue weighted by molar-refractivity contribution is 5.92. The van der Waals surface area contributed by atoms with Gasteiger partial charge >= 0.3 is 0 Å². The molecule has 0 aliphatic carbocycles. The fourth-order valence-corrected chi connectivity index (χ4v) is 4.83. The zero-order valence-electron chi connectivity index (χ0n) is 18.7. The minimum absolute atomic E-state index is 0.0815. The van der Waals surface area contributed by atoms with Crippen molar-refractivity contribution in [3.63, 3.8) is 0 Å². The Morgan fingerprint density at radius 3 is 2.61 bits per heavy atom. The Morgan fingerprint density at radius 2 is 1.90 bits per heavy atom. The highest BCUT2D eigenvalue weighted by Crippen LogP contribution is 2.39. The summed E-state index contributed by atoms with van der Waals surface area (Å²) in [7, 11) is 3.61. The second kappa shape index (κ2) is 9.67. The minimum Gasteiger partial charge on any atom is -0.379 e. The highest BCUT2D eigenvalue weighted by atomic mass is 16.5. The third kappa shape index (κ3) is 5.45. The second-order valence-electron chi connectivity index (χ2n) is 9.24. The lowest BCUT2D eigenvalue weighted by Crippen LogP contribution is -2.51. The molecule has 1 aromatic heterocycles. The predicted molar refractivity (Wildman–Crippen MR) is 112 cm³/mol. The molecule has 1 unspecified atom stereocenters. The largest absolute Gasteiger partial charge is 0.379 e. The van der Waals surface area contributed by atoms with Crippen molar-refractivity contribution in [3.05, 3.63) is 17.5 Å². The van der Waals surface area contributed by atoms with Gasteiger partial charge in [0.05, 0.1) is 25.4 Å².